The zero-order valence-electron chi connectivity index (χ0n) is 9.88. The van der Waals surface area contributed by atoms with E-state index in [1.807, 2.05) is 24.3 Å². The Labute approximate surface area is 110 Å². The molecule has 2 rings (SSSR count). The van der Waals surface area contributed by atoms with Crippen LogP contribution in [0.5, 0.6) is 0 Å². The summed E-state index contributed by atoms with van der Waals surface area (Å²) >= 11 is 6.15. The minimum atomic E-state index is 0.519. The molecule has 0 aliphatic carbocycles. The van der Waals surface area contributed by atoms with Crippen molar-refractivity contribution in [1.82, 2.24) is 9.97 Å². The largest absolute Gasteiger partial charge is 0.399 e. The Morgan fingerprint density at radius 1 is 1.33 bits per heavy atom. The number of rotatable bonds is 4. The van der Waals surface area contributed by atoms with E-state index >= 15 is 0 Å². The zero-order chi connectivity index (χ0) is 12.8. The predicted octanol–water partition coefficient (Wildman–Crippen LogP) is 2.72. The maximum absolute atomic E-state index is 6.15. The summed E-state index contributed by atoms with van der Waals surface area (Å²) in [5, 5.41) is 4.65. The number of benzene rings is 1. The molecule has 1 aromatic heterocycles. The van der Waals surface area contributed by atoms with Crippen molar-refractivity contribution in [3.05, 3.63) is 59.1 Å². The monoisotopic (exact) mass is 261 g/mol. The van der Waals surface area contributed by atoms with Gasteiger partial charge in [-0.1, -0.05) is 35.0 Å². The fraction of sp³-hybridized carbons (Fsp3) is 0.154. The van der Waals surface area contributed by atoms with Gasteiger partial charge in [-0.2, -0.15) is 0 Å². The van der Waals surface area contributed by atoms with Gasteiger partial charge in [-0.15, -0.1) is 0 Å². The Kier molecular flexibility index (Phi) is 4.25. The first-order valence-electron chi connectivity index (χ1n) is 5.41. The molecular weight excluding hydrogens is 250 g/mol. The summed E-state index contributed by atoms with van der Waals surface area (Å²) in [6, 6.07) is 7.50. The second kappa shape index (κ2) is 6.12. The van der Waals surface area contributed by atoms with Gasteiger partial charge in [-0.05, 0) is 6.07 Å². The molecular formula is C13H12ClN3O. The number of nitrogens with zero attached hydrogens (tertiary/aromatic N) is 3. The Morgan fingerprint density at radius 3 is 2.83 bits per heavy atom. The van der Waals surface area contributed by atoms with Crippen LogP contribution in [0.1, 0.15) is 11.3 Å². The van der Waals surface area contributed by atoms with Crippen LogP contribution >= 0.6 is 11.6 Å². The molecule has 1 heterocycles. The van der Waals surface area contributed by atoms with E-state index in [1.54, 1.807) is 18.6 Å². The van der Waals surface area contributed by atoms with Gasteiger partial charge in [0.2, 0.25) is 0 Å². The molecule has 92 valence electrons. The first kappa shape index (κ1) is 12.5. The first-order valence-corrected chi connectivity index (χ1v) is 5.79. The summed E-state index contributed by atoms with van der Waals surface area (Å²) in [6.07, 6.45) is 5.49. The van der Waals surface area contributed by atoms with Gasteiger partial charge in [0.15, 0.2) is 0 Å². The third kappa shape index (κ3) is 3.05. The molecule has 2 aromatic rings. The van der Waals surface area contributed by atoms with Gasteiger partial charge in [-0.25, -0.2) is 0 Å². The van der Waals surface area contributed by atoms with Crippen LogP contribution in [0.4, 0.5) is 0 Å². The fourth-order valence-electron chi connectivity index (χ4n) is 1.57. The second-order valence-electron chi connectivity index (χ2n) is 3.57. The predicted molar refractivity (Wildman–Crippen MR) is 70.7 cm³/mol. The minimum Gasteiger partial charge on any atom is -0.399 e. The van der Waals surface area contributed by atoms with Crippen LogP contribution in [-0.2, 0) is 11.3 Å². The lowest BCUT2D eigenvalue weighted by molar-refractivity contribution is 0.213. The average molecular weight is 262 g/mol. The van der Waals surface area contributed by atoms with Gasteiger partial charge in [-0.3, -0.25) is 9.97 Å². The highest BCUT2D eigenvalue weighted by Crippen LogP contribution is 2.17. The summed E-state index contributed by atoms with van der Waals surface area (Å²) in [5.74, 6) is 0. The van der Waals surface area contributed by atoms with Crippen molar-refractivity contribution in [3.63, 3.8) is 0 Å². The van der Waals surface area contributed by atoms with E-state index in [9.17, 15) is 0 Å². The van der Waals surface area contributed by atoms with E-state index < -0.39 is 0 Å². The normalized spacial score (nSPS) is 11.3. The number of hydrogen-bond donors (Lipinski definition) is 0. The highest BCUT2D eigenvalue weighted by Gasteiger charge is 2.10. The van der Waals surface area contributed by atoms with Crippen molar-refractivity contribution in [1.29, 1.82) is 0 Å². The Hall–Kier alpha value is -1.94. The number of halogens is 1. The quantitative estimate of drug-likeness (QED) is 0.628. The smallest absolute Gasteiger partial charge is 0.106 e. The van der Waals surface area contributed by atoms with Crippen LogP contribution in [0, 0.1) is 0 Å². The molecule has 0 unspecified atom stereocenters. The van der Waals surface area contributed by atoms with E-state index in [4.69, 9.17) is 16.4 Å². The van der Waals surface area contributed by atoms with Crippen LogP contribution in [-0.4, -0.2) is 22.8 Å². The number of aromatic nitrogens is 2. The molecule has 0 atom stereocenters. The maximum Gasteiger partial charge on any atom is 0.106 e. The van der Waals surface area contributed by atoms with Gasteiger partial charge < -0.3 is 4.84 Å². The first-order chi connectivity index (χ1) is 8.81. The minimum absolute atomic E-state index is 0.519. The van der Waals surface area contributed by atoms with E-state index in [0.717, 1.165) is 17.0 Å². The van der Waals surface area contributed by atoms with E-state index in [-0.39, 0.29) is 0 Å². The van der Waals surface area contributed by atoms with Crippen molar-refractivity contribution < 1.29 is 4.84 Å². The van der Waals surface area contributed by atoms with E-state index in [0.29, 0.717) is 11.4 Å². The van der Waals surface area contributed by atoms with Crippen LogP contribution in [0.3, 0.4) is 0 Å². The molecule has 0 saturated heterocycles. The molecule has 1 aromatic carbocycles. The summed E-state index contributed by atoms with van der Waals surface area (Å²) in [7, 11) is 1.51. The molecule has 5 heteroatoms. The van der Waals surface area contributed by atoms with Crippen molar-refractivity contribution in [2.75, 3.05) is 7.11 Å². The standard InChI is InChI=1S/C13H12ClN3O/c1-18-17-13(8-10-9-15-6-7-16-10)11-4-2-3-5-12(11)14/h2-7,9H,8H2,1H3. The molecule has 0 spiro atoms. The SMILES string of the molecule is CON=C(Cc1cnccn1)c1ccccc1Cl. The van der Waals surface area contributed by atoms with Crippen LogP contribution < -0.4 is 0 Å². The van der Waals surface area contributed by atoms with Gasteiger partial charge >= 0.3 is 0 Å². The average Bonchev–Trinajstić information content (AvgIpc) is 2.40. The highest BCUT2D eigenvalue weighted by molar-refractivity contribution is 6.34. The molecule has 0 N–H and O–H groups in total. The van der Waals surface area contributed by atoms with E-state index in [2.05, 4.69) is 15.1 Å². The van der Waals surface area contributed by atoms with Crippen LogP contribution in [0.2, 0.25) is 5.02 Å². The fourth-order valence-corrected chi connectivity index (χ4v) is 1.82. The van der Waals surface area contributed by atoms with Gasteiger partial charge in [0.25, 0.3) is 0 Å². The van der Waals surface area contributed by atoms with Gasteiger partial charge in [0.05, 0.1) is 11.4 Å². The molecule has 0 aliphatic rings. The van der Waals surface area contributed by atoms with Crippen molar-refractivity contribution in [2.24, 2.45) is 5.16 Å². The lowest BCUT2D eigenvalue weighted by atomic mass is 10.1. The number of oxime groups is 1. The number of hydrogen-bond acceptors (Lipinski definition) is 4. The van der Waals surface area contributed by atoms with Crippen LogP contribution in [0.15, 0.2) is 48.0 Å². The molecule has 0 amide bonds. The molecule has 0 saturated carbocycles. The molecule has 4 nitrogen and oxygen atoms in total. The Morgan fingerprint density at radius 2 is 2.17 bits per heavy atom. The van der Waals surface area contributed by atoms with Crippen LogP contribution in [0.25, 0.3) is 0 Å². The summed E-state index contributed by atoms with van der Waals surface area (Å²) in [4.78, 5) is 13.1. The molecule has 18 heavy (non-hydrogen) atoms. The highest BCUT2D eigenvalue weighted by atomic mass is 35.5. The van der Waals surface area contributed by atoms with Crippen molar-refractivity contribution in [2.45, 2.75) is 6.42 Å². The van der Waals surface area contributed by atoms with Gasteiger partial charge in [0.1, 0.15) is 7.11 Å². The summed E-state index contributed by atoms with van der Waals surface area (Å²) < 4.78 is 0. The summed E-state index contributed by atoms with van der Waals surface area (Å²) in [5.41, 5.74) is 2.38. The lowest BCUT2D eigenvalue weighted by Crippen LogP contribution is -2.08. The Balaban J connectivity index is 2.31. The zero-order valence-corrected chi connectivity index (χ0v) is 10.6. The lowest BCUT2D eigenvalue weighted by Gasteiger charge is -2.07. The molecule has 0 bridgehead atoms. The third-order valence-electron chi connectivity index (χ3n) is 2.35. The molecule has 0 fully saturated rings. The van der Waals surface area contributed by atoms with Crippen molar-refractivity contribution >= 4 is 17.3 Å². The summed E-state index contributed by atoms with van der Waals surface area (Å²) in [6.45, 7) is 0. The van der Waals surface area contributed by atoms with E-state index in [1.165, 1.54) is 7.11 Å². The second-order valence-corrected chi connectivity index (χ2v) is 3.98. The molecule has 0 radical (unpaired) electrons. The topological polar surface area (TPSA) is 47.4 Å². The van der Waals surface area contributed by atoms with Gasteiger partial charge in [0, 0.05) is 35.6 Å². The van der Waals surface area contributed by atoms with Crippen molar-refractivity contribution in [3.8, 4) is 0 Å². The third-order valence-corrected chi connectivity index (χ3v) is 2.68. The molecule has 0 aliphatic heterocycles. The maximum atomic E-state index is 6.15. The Bertz CT molecular complexity index is 543.